The van der Waals surface area contributed by atoms with Crippen LogP contribution in [0.15, 0.2) is 43.0 Å². The molecule has 0 spiro atoms. The predicted molar refractivity (Wildman–Crippen MR) is 50.8 cm³/mol. The Kier molecular flexibility index (Phi) is 2.66. The highest BCUT2D eigenvalue weighted by molar-refractivity contribution is 5.21. The van der Waals surface area contributed by atoms with Gasteiger partial charge in [0.1, 0.15) is 0 Å². The van der Waals surface area contributed by atoms with Crippen LogP contribution in [-0.4, -0.2) is 5.11 Å². The van der Waals surface area contributed by atoms with Gasteiger partial charge in [-0.05, 0) is 18.9 Å². The molecule has 1 rings (SSSR count). The van der Waals surface area contributed by atoms with E-state index >= 15 is 0 Å². The quantitative estimate of drug-likeness (QED) is 0.677. The standard InChI is InChI=1S/C11H14O/c1-3-9-11(2,12)10-7-5-4-6-8-10/h3-8,12H,1,9H2,2H3/t11-/m0/s1. The van der Waals surface area contributed by atoms with Crippen LogP contribution in [0, 0.1) is 0 Å². The Morgan fingerprint density at radius 1 is 1.42 bits per heavy atom. The zero-order chi connectivity index (χ0) is 9.03. The maximum absolute atomic E-state index is 9.91. The van der Waals surface area contributed by atoms with Gasteiger partial charge in [-0.3, -0.25) is 0 Å². The molecule has 0 unspecified atom stereocenters. The molecule has 0 aliphatic carbocycles. The normalized spacial score (nSPS) is 15.2. The number of aliphatic hydroxyl groups is 1. The molecule has 0 heterocycles. The lowest BCUT2D eigenvalue weighted by Crippen LogP contribution is -2.19. The second kappa shape index (κ2) is 3.55. The fourth-order valence-corrected chi connectivity index (χ4v) is 1.20. The molecule has 1 aromatic carbocycles. The molecule has 0 saturated heterocycles. The van der Waals surface area contributed by atoms with Crippen LogP contribution in [0.2, 0.25) is 0 Å². The summed E-state index contributed by atoms with van der Waals surface area (Å²) in [5, 5.41) is 9.91. The largest absolute Gasteiger partial charge is 0.385 e. The van der Waals surface area contributed by atoms with Gasteiger partial charge in [0.15, 0.2) is 0 Å². The monoisotopic (exact) mass is 162 g/mol. The predicted octanol–water partition coefficient (Wildman–Crippen LogP) is 2.47. The van der Waals surface area contributed by atoms with Gasteiger partial charge < -0.3 is 5.11 Å². The Balaban J connectivity index is 2.89. The van der Waals surface area contributed by atoms with Crippen LogP contribution in [0.4, 0.5) is 0 Å². The molecule has 0 aromatic heterocycles. The van der Waals surface area contributed by atoms with Gasteiger partial charge in [0, 0.05) is 0 Å². The van der Waals surface area contributed by atoms with E-state index in [4.69, 9.17) is 0 Å². The topological polar surface area (TPSA) is 20.2 Å². The lowest BCUT2D eigenvalue weighted by atomic mass is 9.93. The lowest BCUT2D eigenvalue weighted by Gasteiger charge is -2.21. The second-order valence-corrected chi connectivity index (χ2v) is 3.13. The SMILES string of the molecule is C=CC[C@](C)(O)c1ccccc1. The van der Waals surface area contributed by atoms with Crippen molar-refractivity contribution in [2.45, 2.75) is 18.9 Å². The van der Waals surface area contributed by atoms with Gasteiger partial charge >= 0.3 is 0 Å². The first kappa shape index (κ1) is 9.01. The molecule has 1 atom stereocenters. The first-order valence-corrected chi connectivity index (χ1v) is 4.05. The van der Waals surface area contributed by atoms with E-state index in [9.17, 15) is 5.11 Å². The summed E-state index contributed by atoms with van der Waals surface area (Å²) >= 11 is 0. The lowest BCUT2D eigenvalue weighted by molar-refractivity contribution is 0.0606. The van der Waals surface area contributed by atoms with Crippen molar-refractivity contribution in [3.05, 3.63) is 48.6 Å². The van der Waals surface area contributed by atoms with Gasteiger partial charge in [0.25, 0.3) is 0 Å². The van der Waals surface area contributed by atoms with Crippen molar-refractivity contribution < 1.29 is 5.11 Å². The van der Waals surface area contributed by atoms with E-state index in [-0.39, 0.29) is 0 Å². The summed E-state index contributed by atoms with van der Waals surface area (Å²) in [5.41, 5.74) is 0.160. The van der Waals surface area contributed by atoms with Crippen molar-refractivity contribution in [2.75, 3.05) is 0 Å². The first-order chi connectivity index (χ1) is 5.67. The molecule has 0 aliphatic heterocycles. The molecule has 0 fully saturated rings. The summed E-state index contributed by atoms with van der Waals surface area (Å²) in [5.74, 6) is 0. The summed E-state index contributed by atoms with van der Waals surface area (Å²) in [4.78, 5) is 0. The fraction of sp³-hybridized carbons (Fsp3) is 0.273. The molecule has 1 nitrogen and oxygen atoms in total. The van der Waals surface area contributed by atoms with Gasteiger partial charge in [-0.25, -0.2) is 0 Å². The summed E-state index contributed by atoms with van der Waals surface area (Å²) in [6, 6.07) is 9.63. The van der Waals surface area contributed by atoms with Crippen LogP contribution in [0.3, 0.4) is 0 Å². The average Bonchev–Trinajstić information content (AvgIpc) is 2.06. The van der Waals surface area contributed by atoms with Crippen LogP contribution in [0.5, 0.6) is 0 Å². The van der Waals surface area contributed by atoms with E-state index in [0.717, 1.165) is 5.56 Å². The number of hydrogen-bond donors (Lipinski definition) is 1. The first-order valence-electron chi connectivity index (χ1n) is 4.05. The molecule has 1 N–H and O–H groups in total. The fourth-order valence-electron chi connectivity index (χ4n) is 1.20. The number of hydrogen-bond acceptors (Lipinski definition) is 1. The number of benzene rings is 1. The van der Waals surface area contributed by atoms with Gasteiger partial charge in [-0.2, -0.15) is 0 Å². The van der Waals surface area contributed by atoms with Crippen molar-refractivity contribution in [2.24, 2.45) is 0 Å². The van der Waals surface area contributed by atoms with Crippen molar-refractivity contribution in [3.63, 3.8) is 0 Å². The Labute approximate surface area is 73.4 Å². The minimum Gasteiger partial charge on any atom is -0.385 e. The third kappa shape index (κ3) is 1.95. The Hall–Kier alpha value is -1.08. The third-order valence-electron chi connectivity index (χ3n) is 1.94. The van der Waals surface area contributed by atoms with E-state index in [1.165, 1.54) is 0 Å². The Morgan fingerprint density at radius 2 is 2.00 bits per heavy atom. The summed E-state index contributed by atoms with van der Waals surface area (Å²) < 4.78 is 0. The highest BCUT2D eigenvalue weighted by atomic mass is 16.3. The Bertz CT molecular complexity index is 249. The Morgan fingerprint density at radius 3 is 2.50 bits per heavy atom. The molecule has 12 heavy (non-hydrogen) atoms. The molecule has 0 radical (unpaired) electrons. The van der Waals surface area contributed by atoms with Gasteiger partial charge in [-0.1, -0.05) is 36.4 Å². The summed E-state index contributed by atoms with van der Waals surface area (Å²) in [7, 11) is 0. The van der Waals surface area contributed by atoms with Crippen molar-refractivity contribution in [1.82, 2.24) is 0 Å². The summed E-state index contributed by atoms with van der Waals surface area (Å²) in [6.07, 6.45) is 2.31. The van der Waals surface area contributed by atoms with E-state index in [2.05, 4.69) is 6.58 Å². The molecule has 1 aromatic rings. The van der Waals surface area contributed by atoms with Crippen molar-refractivity contribution >= 4 is 0 Å². The van der Waals surface area contributed by atoms with Gasteiger partial charge in [-0.15, -0.1) is 6.58 Å². The zero-order valence-corrected chi connectivity index (χ0v) is 7.33. The van der Waals surface area contributed by atoms with E-state index < -0.39 is 5.60 Å². The minimum absolute atomic E-state index is 0.580. The molecular formula is C11H14O. The van der Waals surface area contributed by atoms with Gasteiger partial charge in [0.05, 0.1) is 5.60 Å². The summed E-state index contributed by atoms with van der Waals surface area (Å²) in [6.45, 7) is 5.41. The molecule has 0 saturated carbocycles. The second-order valence-electron chi connectivity index (χ2n) is 3.13. The van der Waals surface area contributed by atoms with Crippen molar-refractivity contribution in [3.8, 4) is 0 Å². The molecule has 1 heteroatoms. The average molecular weight is 162 g/mol. The molecular weight excluding hydrogens is 148 g/mol. The third-order valence-corrected chi connectivity index (χ3v) is 1.94. The maximum Gasteiger partial charge on any atom is 0.0902 e. The van der Waals surface area contributed by atoms with Gasteiger partial charge in [0.2, 0.25) is 0 Å². The molecule has 0 aliphatic rings. The smallest absolute Gasteiger partial charge is 0.0902 e. The van der Waals surface area contributed by atoms with Crippen molar-refractivity contribution in [1.29, 1.82) is 0 Å². The zero-order valence-electron chi connectivity index (χ0n) is 7.33. The van der Waals surface area contributed by atoms with Crippen LogP contribution in [-0.2, 0) is 5.60 Å². The number of rotatable bonds is 3. The highest BCUT2D eigenvalue weighted by Gasteiger charge is 2.19. The maximum atomic E-state index is 9.91. The van der Waals surface area contributed by atoms with Crippen LogP contribution >= 0.6 is 0 Å². The van der Waals surface area contributed by atoms with E-state index in [1.54, 1.807) is 13.0 Å². The molecule has 64 valence electrons. The van der Waals surface area contributed by atoms with E-state index in [0.29, 0.717) is 6.42 Å². The van der Waals surface area contributed by atoms with Crippen LogP contribution in [0.25, 0.3) is 0 Å². The van der Waals surface area contributed by atoms with Crippen LogP contribution in [0.1, 0.15) is 18.9 Å². The highest BCUT2D eigenvalue weighted by Crippen LogP contribution is 2.23. The molecule has 0 amide bonds. The van der Waals surface area contributed by atoms with E-state index in [1.807, 2.05) is 30.3 Å². The minimum atomic E-state index is -0.775. The van der Waals surface area contributed by atoms with Crippen LogP contribution < -0.4 is 0 Å². The molecule has 0 bridgehead atoms.